The third-order valence-corrected chi connectivity index (χ3v) is 4.68. The number of nitrogens with one attached hydrogen (secondary N) is 1. The minimum atomic E-state index is -4.99. The van der Waals surface area contributed by atoms with Crippen molar-refractivity contribution in [2.45, 2.75) is 18.4 Å². The van der Waals surface area contributed by atoms with E-state index in [1.54, 1.807) is 66.7 Å². The summed E-state index contributed by atoms with van der Waals surface area (Å²) in [7, 11) is 0. The third kappa shape index (κ3) is 3.52. The highest BCUT2D eigenvalue weighted by Crippen LogP contribution is 2.41. The molecule has 0 spiro atoms. The average molecular weight is 410 g/mol. The fraction of sp³-hybridized carbons (Fsp3) is 0.136. The van der Waals surface area contributed by atoms with Gasteiger partial charge in [0.15, 0.2) is 0 Å². The molecule has 0 fully saturated rings. The Morgan fingerprint density at radius 3 is 2.13 bits per heavy atom. The van der Waals surface area contributed by atoms with Crippen molar-refractivity contribution in [2.75, 3.05) is 5.32 Å². The molecule has 1 amide bonds. The average Bonchev–Trinajstić information content (AvgIpc) is 3.03. The van der Waals surface area contributed by atoms with Gasteiger partial charge in [0.05, 0.1) is 6.54 Å². The molecule has 2 aromatic carbocycles. The van der Waals surface area contributed by atoms with Gasteiger partial charge >= 0.3 is 11.8 Å². The van der Waals surface area contributed by atoms with E-state index < -0.39 is 17.7 Å². The van der Waals surface area contributed by atoms with Gasteiger partial charge in [0, 0.05) is 11.8 Å². The molecule has 1 aromatic heterocycles. The molecule has 152 valence electrons. The SMILES string of the molecule is O=C1N(Cc2ccccc2)C(c2ccccc2)=N[C@]1(Nc1ccccn1)C(F)(F)F. The van der Waals surface area contributed by atoms with Crippen LogP contribution in [-0.2, 0) is 11.3 Å². The molecule has 2 heterocycles. The second-order valence-corrected chi connectivity index (χ2v) is 6.73. The first-order valence-corrected chi connectivity index (χ1v) is 9.18. The smallest absolute Gasteiger partial charge is 0.331 e. The molecule has 0 saturated heterocycles. The molecule has 30 heavy (non-hydrogen) atoms. The van der Waals surface area contributed by atoms with Crippen molar-refractivity contribution >= 4 is 17.6 Å². The number of rotatable bonds is 5. The highest BCUT2D eigenvalue weighted by Gasteiger charge is 2.66. The number of benzene rings is 2. The number of halogens is 3. The Balaban J connectivity index is 1.83. The zero-order valence-electron chi connectivity index (χ0n) is 15.7. The predicted molar refractivity (Wildman–Crippen MR) is 107 cm³/mol. The summed E-state index contributed by atoms with van der Waals surface area (Å²) in [5.74, 6) is -1.35. The molecule has 0 saturated carbocycles. The van der Waals surface area contributed by atoms with Gasteiger partial charge in [0.2, 0.25) is 0 Å². The van der Waals surface area contributed by atoms with Crippen LogP contribution in [0.2, 0.25) is 0 Å². The van der Waals surface area contributed by atoms with Gasteiger partial charge in [-0.2, -0.15) is 13.2 Å². The maximum absolute atomic E-state index is 14.3. The summed E-state index contributed by atoms with van der Waals surface area (Å²) in [6.45, 7) is -0.0465. The van der Waals surface area contributed by atoms with Crippen molar-refractivity contribution in [3.63, 3.8) is 0 Å². The molecule has 0 bridgehead atoms. The lowest BCUT2D eigenvalue weighted by Crippen LogP contribution is -2.57. The molecule has 1 aliphatic heterocycles. The number of pyridine rings is 1. The van der Waals surface area contributed by atoms with E-state index in [1.807, 2.05) is 0 Å². The summed E-state index contributed by atoms with van der Waals surface area (Å²) in [5.41, 5.74) is -2.07. The van der Waals surface area contributed by atoms with Gasteiger partial charge in [-0.1, -0.05) is 66.7 Å². The van der Waals surface area contributed by atoms with Crippen LogP contribution in [0.15, 0.2) is 90.1 Å². The van der Waals surface area contributed by atoms with E-state index in [4.69, 9.17) is 0 Å². The molecule has 8 heteroatoms. The molecule has 1 atom stereocenters. The molecular weight excluding hydrogens is 393 g/mol. The van der Waals surface area contributed by atoms with E-state index in [-0.39, 0.29) is 18.2 Å². The van der Waals surface area contributed by atoms with Crippen molar-refractivity contribution in [2.24, 2.45) is 4.99 Å². The minimum absolute atomic E-state index is 0.0465. The van der Waals surface area contributed by atoms with Crippen molar-refractivity contribution in [1.29, 1.82) is 0 Å². The van der Waals surface area contributed by atoms with E-state index in [9.17, 15) is 18.0 Å². The number of nitrogens with zero attached hydrogens (tertiary/aromatic N) is 3. The summed E-state index contributed by atoms with van der Waals surface area (Å²) in [6.07, 6.45) is -3.65. The Labute approximate surface area is 170 Å². The lowest BCUT2D eigenvalue weighted by Gasteiger charge is -2.29. The van der Waals surface area contributed by atoms with Crippen molar-refractivity contribution in [3.05, 3.63) is 96.2 Å². The highest BCUT2D eigenvalue weighted by molar-refractivity contribution is 6.16. The summed E-state index contributed by atoms with van der Waals surface area (Å²) in [4.78, 5) is 22.2. The van der Waals surface area contributed by atoms with Gasteiger partial charge in [-0.3, -0.25) is 9.69 Å². The molecule has 0 radical (unpaired) electrons. The number of aromatic nitrogens is 1. The Bertz CT molecular complexity index is 1060. The molecule has 1 N–H and O–H groups in total. The van der Waals surface area contributed by atoms with E-state index in [0.717, 1.165) is 4.90 Å². The summed E-state index contributed by atoms with van der Waals surface area (Å²) in [5, 5.41) is 2.24. The van der Waals surface area contributed by atoms with E-state index >= 15 is 0 Å². The molecular formula is C22H17F3N4O. The van der Waals surface area contributed by atoms with E-state index in [1.165, 1.54) is 18.3 Å². The van der Waals surface area contributed by atoms with Crippen LogP contribution in [0.1, 0.15) is 11.1 Å². The number of hydrogen-bond donors (Lipinski definition) is 1. The zero-order valence-corrected chi connectivity index (χ0v) is 15.7. The topological polar surface area (TPSA) is 57.6 Å². The Morgan fingerprint density at radius 1 is 0.900 bits per heavy atom. The van der Waals surface area contributed by atoms with Crippen LogP contribution in [0.25, 0.3) is 0 Å². The second-order valence-electron chi connectivity index (χ2n) is 6.73. The fourth-order valence-electron chi connectivity index (χ4n) is 3.24. The molecule has 5 nitrogen and oxygen atoms in total. The van der Waals surface area contributed by atoms with Crippen LogP contribution in [-0.4, -0.2) is 33.5 Å². The summed E-state index contributed by atoms with van der Waals surface area (Å²) >= 11 is 0. The number of aliphatic imine (C=N–C) groups is 1. The summed E-state index contributed by atoms with van der Waals surface area (Å²) in [6, 6.07) is 21.6. The lowest BCUT2D eigenvalue weighted by atomic mass is 10.1. The molecule has 0 aliphatic carbocycles. The number of hydrogen-bond acceptors (Lipinski definition) is 4. The maximum Gasteiger partial charge on any atom is 0.442 e. The first-order valence-electron chi connectivity index (χ1n) is 9.18. The highest BCUT2D eigenvalue weighted by atomic mass is 19.4. The fourth-order valence-corrected chi connectivity index (χ4v) is 3.24. The number of carbonyl (C=O) groups is 1. The second kappa shape index (κ2) is 7.62. The first-order chi connectivity index (χ1) is 14.4. The van der Waals surface area contributed by atoms with Crippen LogP contribution in [0.4, 0.5) is 19.0 Å². The third-order valence-electron chi connectivity index (χ3n) is 4.68. The van der Waals surface area contributed by atoms with E-state index in [2.05, 4.69) is 15.3 Å². The number of alkyl halides is 3. The standard InChI is InChI=1S/C22H17F3N4O/c23-22(24,25)21(27-18-13-7-8-14-26-18)20(30)29(15-16-9-3-1-4-10-16)19(28-21)17-11-5-2-6-12-17/h1-14H,15H2,(H,26,27)/t21-/m0/s1. The van der Waals surface area contributed by atoms with Crippen LogP contribution < -0.4 is 5.32 Å². The maximum atomic E-state index is 14.3. The largest absolute Gasteiger partial charge is 0.442 e. The van der Waals surface area contributed by atoms with Gasteiger partial charge in [-0.05, 0) is 17.7 Å². The Morgan fingerprint density at radius 2 is 1.53 bits per heavy atom. The van der Waals surface area contributed by atoms with Crippen LogP contribution in [0.3, 0.4) is 0 Å². The van der Waals surface area contributed by atoms with Crippen LogP contribution in [0, 0.1) is 0 Å². The lowest BCUT2D eigenvalue weighted by molar-refractivity contribution is -0.185. The monoisotopic (exact) mass is 410 g/mol. The number of anilines is 1. The Hall–Kier alpha value is -3.68. The van der Waals surface area contributed by atoms with Gasteiger partial charge in [-0.25, -0.2) is 9.98 Å². The Kier molecular flexibility index (Phi) is 4.99. The van der Waals surface area contributed by atoms with Gasteiger partial charge in [0.1, 0.15) is 11.7 Å². The normalized spacial score (nSPS) is 19.0. The van der Waals surface area contributed by atoms with Crippen molar-refractivity contribution in [1.82, 2.24) is 9.88 Å². The van der Waals surface area contributed by atoms with Gasteiger partial charge in [0.25, 0.3) is 5.91 Å². The van der Waals surface area contributed by atoms with Gasteiger partial charge < -0.3 is 5.32 Å². The predicted octanol–water partition coefficient (Wildman–Crippen LogP) is 4.24. The van der Waals surface area contributed by atoms with Crippen LogP contribution in [0.5, 0.6) is 0 Å². The number of amidine groups is 1. The molecule has 3 aromatic rings. The van der Waals surface area contributed by atoms with Crippen molar-refractivity contribution < 1.29 is 18.0 Å². The van der Waals surface area contributed by atoms with Crippen molar-refractivity contribution in [3.8, 4) is 0 Å². The molecule has 0 unspecified atom stereocenters. The summed E-state index contributed by atoms with van der Waals surface area (Å²) < 4.78 is 42.9. The zero-order chi connectivity index (χ0) is 21.2. The van der Waals surface area contributed by atoms with E-state index in [0.29, 0.717) is 11.1 Å². The molecule has 1 aliphatic rings. The number of carbonyl (C=O) groups excluding carboxylic acids is 1. The van der Waals surface area contributed by atoms with Gasteiger partial charge in [-0.15, -0.1) is 0 Å². The quantitative estimate of drug-likeness (QED) is 0.685. The van der Waals surface area contributed by atoms with Crippen LogP contribution >= 0.6 is 0 Å². The first kappa shape index (κ1) is 19.6. The number of amides is 1. The molecule has 4 rings (SSSR count). The minimum Gasteiger partial charge on any atom is -0.331 e.